The van der Waals surface area contributed by atoms with Gasteiger partial charge in [0.25, 0.3) is 5.91 Å². The summed E-state index contributed by atoms with van der Waals surface area (Å²) in [6.07, 6.45) is 5.76. The number of pyridine rings is 1. The molecule has 0 aliphatic heterocycles. The SMILES string of the molecule is CSNC(=O)c1ccc(-[n+]2ccccc2)cc1. The second-order valence-corrected chi connectivity index (χ2v) is 4.08. The van der Waals surface area contributed by atoms with E-state index in [2.05, 4.69) is 4.72 Å². The maximum absolute atomic E-state index is 11.6. The summed E-state index contributed by atoms with van der Waals surface area (Å²) in [5.41, 5.74) is 1.70. The summed E-state index contributed by atoms with van der Waals surface area (Å²) in [5.74, 6) is -0.0675. The first-order valence-corrected chi connectivity index (χ1v) is 6.44. The average molecular weight is 245 g/mol. The molecule has 0 saturated heterocycles. The van der Waals surface area contributed by atoms with E-state index in [0.717, 1.165) is 5.69 Å². The summed E-state index contributed by atoms with van der Waals surface area (Å²) in [7, 11) is 0. The fraction of sp³-hybridized carbons (Fsp3) is 0.0769. The summed E-state index contributed by atoms with van der Waals surface area (Å²) in [5, 5.41) is 0. The van der Waals surface area contributed by atoms with Crippen LogP contribution in [0.15, 0.2) is 54.9 Å². The molecule has 86 valence electrons. The number of benzene rings is 1. The zero-order valence-corrected chi connectivity index (χ0v) is 10.3. The fourth-order valence-electron chi connectivity index (χ4n) is 1.51. The highest BCUT2D eigenvalue weighted by Gasteiger charge is 2.07. The van der Waals surface area contributed by atoms with Crippen molar-refractivity contribution in [2.75, 3.05) is 6.26 Å². The van der Waals surface area contributed by atoms with Crippen LogP contribution in [-0.4, -0.2) is 12.2 Å². The summed E-state index contributed by atoms with van der Waals surface area (Å²) >= 11 is 1.30. The number of hydrogen-bond acceptors (Lipinski definition) is 2. The summed E-state index contributed by atoms with van der Waals surface area (Å²) < 4.78 is 4.69. The molecule has 1 N–H and O–H groups in total. The van der Waals surface area contributed by atoms with E-state index in [9.17, 15) is 4.79 Å². The molecular formula is C13H13N2OS+. The quantitative estimate of drug-likeness (QED) is 0.662. The fourth-order valence-corrected chi connectivity index (χ4v) is 1.81. The lowest BCUT2D eigenvalue weighted by molar-refractivity contribution is -0.595. The molecule has 2 rings (SSSR count). The highest BCUT2D eigenvalue weighted by atomic mass is 32.2. The molecule has 4 heteroatoms. The van der Waals surface area contributed by atoms with Gasteiger partial charge in [-0.05, 0) is 12.1 Å². The molecule has 0 spiro atoms. The number of amides is 1. The molecule has 17 heavy (non-hydrogen) atoms. The molecule has 0 unspecified atom stereocenters. The van der Waals surface area contributed by atoms with Crippen molar-refractivity contribution < 1.29 is 9.36 Å². The monoisotopic (exact) mass is 245 g/mol. The van der Waals surface area contributed by atoms with Crippen molar-refractivity contribution in [2.45, 2.75) is 0 Å². The molecular weight excluding hydrogens is 232 g/mol. The first-order chi connectivity index (χ1) is 8.31. The predicted octanol–water partition coefficient (Wildman–Crippen LogP) is 1.97. The van der Waals surface area contributed by atoms with Crippen molar-refractivity contribution >= 4 is 17.9 Å². The van der Waals surface area contributed by atoms with Crippen molar-refractivity contribution in [3.63, 3.8) is 0 Å². The largest absolute Gasteiger partial charge is 0.296 e. The van der Waals surface area contributed by atoms with Crippen LogP contribution < -0.4 is 9.29 Å². The number of carbonyl (C=O) groups is 1. The van der Waals surface area contributed by atoms with Gasteiger partial charge in [-0.2, -0.15) is 4.57 Å². The van der Waals surface area contributed by atoms with Gasteiger partial charge in [0.05, 0.1) is 0 Å². The van der Waals surface area contributed by atoms with Gasteiger partial charge >= 0.3 is 0 Å². The number of hydrogen-bond donors (Lipinski definition) is 1. The average Bonchev–Trinajstić information content (AvgIpc) is 2.40. The van der Waals surface area contributed by atoms with Crippen LogP contribution in [0.25, 0.3) is 5.69 Å². The van der Waals surface area contributed by atoms with E-state index in [-0.39, 0.29) is 5.91 Å². The van der Waals surface area contributed by atoms with Gasteiger partial charge in [0, 0.05) is 36.1 Å². The van der Waals surface area contributed by atoms with E-state index in [4.69, 9.17) is 0 Å². The Hall–Kier alpha value is -1.81. The molecule has 0 radical (unpaired) electrons. The Morgan fingerprint density at radius 3 is 2.35 bits per heavy atom. The molecule has 3 nitrogen and oxygen atoms in total. The lowest BCUT2D eigenvalue weighted by Crippen LogP contribution is -2.28. The Kier molecular flexibility index (Phi) is 3.77. The van der Waals surface area contributed by atoms with Crippen LogP contribution in [0.4, 0.5) is 0 Å². The highest BCUT2D eigenvalue weighted by molar-refractivity contribution is 7.97. The van der Waals surface area contributed by atoms with Crippen molar-refractivity contribution in [3.8, 4) is 5.69 Å². The molecule has 0 atom stereocenters. The lowest BCUT2D eigenvalue weighted by atomic mass is 10.2. The van der Waals surface area contributed by atoms with Crippen LogP contribution >= 0.6 is 11.9 Å². The number of carbonyl (C=O) groups excluding carboxylic acids is 1. The maximum Gasteiger partial charge on any atom is 0.261 e. The van der Waals surface area contributed by atoms with Gasteiger partial charge in [-0.15, -0.1) is 0 Å². The standard InChI is InChI=1S/C13H12N2OS/c1-17-14-13(16)11-5-7-12(8-6-11)15-9-3-2-4-10-15/h2-10H,1H3/p+1. The third-order valence-electron chi connectivity index (χ3n) is 2.34. The zero-order valence-electron chi connectivity index (χ0n) is 9.46. The highest BCUT2D eigenvalue weighted by Crippen LogP contribution is 2.05. The molecule has 1 aromatic heterocycles. The van der Waals surface area contributed by atoms with Crippen molar-refractivity contribution in [3.05, 3.63) is 60.4 Å². The van der Waals surface area contributed by atoms with E-state index in [0.29, 0.717) is 5.56 Å². The molecule has 1 amide bonds. The van der Waals surface area contributed by atoms with E-state index >= 15 is 0 Å². The van der Waals surface area contributed by atoms with Crippen molar-refractivity contribution in [1.29, 1.82) is 0 Å². The van der Waals surface area contributed by atoms with Gasteiger partial charge < -0.3 is 0 Å². The Bertz CT molecular complexity index is 497. The second-order valence-electron chi connectivity index (χ2n) is 3.46. The van der Waals surface area contributed by atoms with Gasteiger partial charge in [0.1, 0.15) is 0 Å². The van der Waals surface area contributed by atoms with Crippen LogP contribution in [-0.2, 0) is 0 Å². The van der Waals surface area contributed by atoms with Crippen LogP contribution in [0.1, 0.15) is 10.4 Å². The molecule has 1 heterocycles. The van der Waals surface area contributed by atoms with E-state index in [1.807, 2.05) is 65.7 Å². The van der Waals surface area contributed by atoms with Crippen molar-refractivity contribution in [1.82, 2.24) is 4.72 Å². The van der Waals surface area contributed by atoms with Crippen molar-refractivity contribution in [2.24, 2.45) is 0 Å². The topological polar surface area (TPSA) is 33.0 Å². The first kappa shape index (κ1) is 11.7. The first-order valence-electron chi connectivity index (χ1n) is 5.21. The predicted molar refractivity (Wildman–Crippen MR) is 69.0 cm³/mol. The number of nitrogens with one attached hydrogen (secondary N) is 1. The number of nitrogens with zero attached hydrogens (tertiary/aromatic N) is 1. The minimum atomic E-state index is -0.0675. The van der Waals surface area contributed by atoms with Crippen LogP contribution in [0.2, 0.25) is 0 Å². The summed E-state index contributed by atoms with van der Waals surface area (Å²) in [6, 6.07) is 13.4. The molecule has 1 aromatic carbocycles. The summed E-state index contributed by atoms with van der Waals surface area (Å²) in [6.45, 7) is 0. The second kappa shape index (κ2) is 5.50. The number of aromatic nitrogens is 1. The molecule has 0 saturated carbocycles. The van der Waals surface area contributed by atoms with Crippen LogP contribution in [0.5, 0.6) is 0 Å². The molecule has 2 aromatic rings. The Balaban J connectivity index is 2.22. The Morgan fingerprint density at radius 1 is 1.12 bits per heavy atom. The van der Waals surface area contributed by atoms with E-state index in [1.165, 1.54) is 11.9 Å². The summed E-state index contributed by atoms with van der Waals surface area (Å²) in [4.78, 5) is 11.6. The van der Waals surface area contributed by atoms with Gasteiger partial charge in [-0.3, -0.25) is 9.52 Å². The van der Waals surface area contributed by atoms with Crippen LogP contribution in [0, 0.1) is 0 Å². The maximum atomic E-state index is 11.6. The Labute approximate surface area is 105 Å². The molecule has 0 aliphatic rings. The molecule has 0 aliphatic carbocycles. The number of rotatable bonds is 3. The van der Waals surface area contributed by atoms with E-state index < -0.39 is 0 Å². The minimum Gasteiger partial charge on any atom is -0.296 e. The zero-order chi connectivity index (χ0) is 12.1. The lowest BCUT2D eigenvalue weighted by Gasteiger charge is -2.01. The van der Waals surface area contributed by atoms with E-state index in [1.54, 1.807) is 0 Å². The third kappa shape index (κ3) is 2.85. The smallest absolute Gasteiger partial charge is 0.261 e. The third-order valence-corrected chi connectivity index (χ3v) is 2.73. The minimum absolute atomic E-state index is 0.0675. The molecule has 0 fully saturated rings. The Morgan fingerprint density at radius 2 is 1.76 bits per heavy atom. The normalized spacial score (nSPS) is 9.94. The molecule has 0 bridgehead atoms. The van der Waals surface area contributed by atoms with Gasteiger partial charge in [0.15, 0.2) is 12.4 Å². The van der Waals surface area contributed by atoms with Gasteiger partial charge in [0.2, 0.25) is 5.69 Å². The van der Waals surface area contributed by atoms with Gasteiger partial charge in [-0.1, -0.05) is 18.0 Å². The van der Waals surface area contributed by atoms with Gasteiger partial charge in [-0.25, -0.2) is 0 Å². The van der Waals surface area contributed by atoms with Crippen LogP contribution in [0.3, 0.4) is 0 Å².